The first-order chi connectivity index (χ1) is 5.22. The molecule has 0 atom stereocenters. The van der Waals surface area contributed by atoms with E-state index < -0.39 is 0 Å². The molecule has 11 heavy (non-hydrogen) atoms. The molecule has 62 valence electrons. The van der Waals surface area contributed by atoms with Gasteiger partial charge in [0.25, 0.3) is 5.19 Å². The van der Waals surface area contributed by atoms with Gasteiger partial charge in [-0.25, -0.2) is 0 Å². The van der Waals surface area contributed by atoms with Crippen LogP contribution in [0, 0.1) is 0 Å². The molecule has 0 saturated heterocycles. The molecule has 1 heterocycles. The summed E-state index contributed by atoms with van der Waals surface area (Å²) < 4.78 is 5.29. The van der Waals surface area contributed by atoms with Gasteiger partial charge in [-0.05, 0) is 13.8 Å². The molecule has 0 radical (unpaired) electrons. The Morgan fingerprint density at radius 2 is 2.27 bits per heavy atom. The summed E-state index contributed by atoms with van der Waals surface area (Å²) in [5.74, 6) is 0. The van der Waals surface area contributed by atoms with Gasteiger partial charge in [-0.15, -0.1) is 5.10 Å². The van der Waals surface area contributed by atoms with Crippen LogP contribution in [0.1, 0.15) is 18.9 Å². The maximum absolute atomic E-state index is 5.35. The monoisotopic (exact) mass is 173 g/mol. The van der Waals surface area contributed by atoms with Crippen molar-refractivity contribution in [2.45, 2.75) is 26.5 Å². The van der Waals surface area contributed by atoms with Gasteiger partial charge in [0.1, 0.15) is 5.01 Å². The molecule has 0 aromatic carbocycles. The predicted octanol–water partition coefficient (Wildman–Crippen LogP) is 0.784. The zero-order valence-electron chi connectivity index (χ0n) is 6.57. The summed E-state index contributed by atoms with van der Waals surface area (Å²) in [6.45, 7) is 4.33. The first-order valence-electron chi connectivity index (χ1n) is 3.41. The highest BCUT2D eigenvalue weighted by molar-refractivity contribution is 7.13. The second-order valence-corrected chi connectivity index (χ2v) is 3.36. The molecule has 0 saturated carbocycles. The van der Waals surface area contributed by atoms with E-state index in [0.29, 0.717) is 11.7 Å². The SMILES string of the molecule is CC(C)Oc1nnc(CN)s1. The van der Waals surface area contributed by atoms with Crippen LogP contribution < -0.4 is 10.5 Å². The lowest BCUT2D eigenvalue weighted by Crippen LogP contribution is -2.04. The summed E-state index contributed by atoms with van der Waals surface area (Å²) >= 11 is 1.39. The summed E-state index contributed by atoms with van der Waals surface area (Å²) in [4.78, 5) is 0. The number of nitrogens with zero attached hydrogens (tertiary/aromatic N) is 2. The molecular formula is C6H11N3OS. The van der Waals surface area contributed by atoms with Crippen molar-refractivity contribution in [1.82, 2.24) is 10.2 Å². The Morgan fingerprint density at radius 1 is 1.55 bits per heavy atom. The van der Waals surface area contributed by atoms with Crippen LogP contribution >= 0.6 is 11.3 Å². The normalized spacial score (nSPS) is 10.5. The maximum Gasteiger partial charge on any atom is 0.294 e. The van der Waals surface area contributed by atoms with E-state index in [4.69, 9.17) is 10.5 Å². The summed E-state index contributed by atoms with van der Waals surface area (Å²) in [5, 5.41) is 9.00. The van der Waals surface area contributed by atoms with E-state index in [0.717, 1.165) is 5.01 Å². The van der Waals surface area contributed by atoms with Crippen molar-refractivity contribution in [3.63, 3.8) is 0 Å². The minimum Gasteiger partial charge on any atom is -0.466 e. The van der Waals surface area contributed by atoms with E-state index in [1.54, 1.807) is 0 Å². The second kappa shape index (κ2) is 3.64. The van der Waals surface area contributed by atoms with Crippen LogP contribution in [0.15, 0.2) is 0 Å². The zero-order chi connectivity index (χ0) is 8.27. The molecule has 0 fully saturated rings. The van der Waals surface area contributed by atoms with Crippen LogP contribution in [0.4, 0.5) is 0 Å². The van der Waals surface area contributed by atoms with Gasteiger partial charge in [-0.3, -0.25) is 0 Å². The standard InChI is InChI=1S/C6H11N3OS/c1-4(2)10-6-9-8-5(3-7)11-6/h4H,3,7H2,1-2H3. The van der Waals surface area contributed by atoms with Crippen LogP contribution in [-0.2, 0) is 6.54 Å². The van der Waals surface area contributed by atoms with Crippen molar-refractivity contribution in [3.05, 3.63) is 5.01 Å². The average Bonchev–Trinajstić information content (AvgIpc) is 2.34. The number of hydrogen-bond donors (Lipinski definition) is 1. The van der Waals surface area contributed by atoms with E-state index in [1.807, 2.05) is 13.8 Å². The average molecular weight is 173 g/mol. The van der Waals surface area contributed by atoms with Crippen LogP contribution in [0.3, 0.4) is 0 Å². The zero-order valence-corrected chi connectivity index (χ0v) is 7.39. The number of hydrogen-bond acceptors (Lipinski definition) is 5. The summed E-state index contributed by atoms with van der Waals surface area (Å²) in [6, 6.07) is 0. The van der Waals surface area contributed by atoms with E-state index in [2.05, 4.69) is 10.2 Å². The van der Waals surface area contributed by atoms with Crippen molar-refractivity contribution in [2.75, 3.05) is 0 Å². The Morgan fingerprint density at radius 3 is 2.73 bits per heavy atom. The van der Waals surface area contributed by atoms with Gasteiger partial charge in [0, 0.05) is 6.54 Å². The molecule has 1 aromatic rings. The molecule has 0 bridgehead atoms. The first-order valence-corrected chi connectivity index (χ1v) is 4.23. The highest BCUT2D eigenvalue weighted by Gasteiger charge is 2.04. The van der Waals surface area contributed by atoms with Crippen LogP contribution in [0.25, 0.3) is 0 Å². The molecule has 5 heteroatoms. The third kappa shape index (κ3) is 2.44. The Labute approximate surface area is 69.4 Å². The van der Waals surface area contributed by atoms with E-state index in [-0.39, 0.29) is 6.10 Å². The van der Waals surface area contributed by atoms with E-state index in [1.165, 1.54) is 11.3 Å². The molecule has 1 aromatic heterocycles. The second-order valence-electron chi connectivity index (χ2n) is 2.33. The van der Waals surface area contributed by atoms with Crippen LogP contribution in [-0.4, -0.2) is 16.3 Å². The highest BCUT2D eigenvalue weighted by atomic mass is 32.1. The Kier molecular flexibility index (Phi) is 2.78. The highest BCUT2D eigenvalue weighted by Crippen LogP contribution is 2.17. The molecule has 0 aliphatic heterocycles. The fraction of sp³-hybridized carbons (Fsp3) is 0.667. The third-order valence-electron chi connectivity index (χ3n) is 0.959. The minimum atomic E-state index is 0.147. The number of rotatable bonds is 3. The quantitative estimate of drug-likeness (QED) is 0.734. The molecule has 0 spiro atoms. The van der Waals surface area contributed by atoms with Gasteiger partial charge < -0.3 is 10.5 Å². The first kappa shape index (κ1) is 8.42. The Bertz CT molecular complexity index is 223. The lowest BCUT2D eigenvalue weighted by atomic mass is 10.5. The smallest absolute Gasteiger partial charge is 0.294 e. The van der Waals surface area contributed by atoms with Gasteiger partial charge in [0.05, 0.1) is 6.10 Å². The molecule has 1 rings (SSSR count). The van der Waals surface area contributed by atoms with Gasteiger partial charge in [-0.2, -0.15) is 0 Å². The lowest BCUT2D eigenvalue weighted by molar-refractivity contribution is 0.239. The van der Waals surface area contributed by atoms with Crippen molar-refractivity contribution in [1.29, 1.82) is 0 Å². The van der Waals surface area contributed by atoms with Crippen molar-refractivity contribution in [3.8, 4) is 5.19 Å². The number of aromatic nitrogens is 2. The van der Waals surface area contributed by atoms with E-state index >= 15 is 0 Å². The number of nitrogens with two attached hydrogens (primary N) is 1. The summed E-state index contributed by atoms with van der Waals surface area (Å²) in [6.07, 6.45) is 0.147. The molecule has 0 unspecified atom stereocenters. The van der Waals surface area contributed by atoms with Crippen LogP contribution in [0.5, 0.6) is 5.19 Å². The largest absolute Gasteiger partial charge is 0.466 e. The van der Waals surface area contributed by atoms with Gasteiger partial charge in [-0.1, -0.05) is 16.4 Å². The summed E-state index contributed by atoms with van der Waals surface area (Å²) in [5.41, 5.74) is 5.35. The third-order valence-corrected chi connectivity index (χ3v) is 1.80. The Balaban J connectivity index is 2.58. The number of ether oxygens (including phenoxy) is 1. The predicted molar refractivity (Wildman–Crippen MR) is 43.6 cm³/mol. The van der Waals surface area contributed by atoms with Gasteiger partial charge >= 0.3 is 0 Å². The van der Waals surface area contributed by atoms with E-state index in [9.17, 15) is 0 Å². The molecule has 4 nitrogen and oxygen atoms in total. The van der Waals surface area contributed by atoms with Crippen molar-refractivity contribution < 1.29 is 4.74 Å². The van der Waals surface area contributed by atoms with Crippen molar-refractivity contribution in [2.24, 2.45) is 5.73 Å². The molecule has 0 amide bonds. The lowest BCUT2D eigenvalue weighted by Gasteiger charge is -2.02. The van der Waals surface area contributed by atoms with Gasteiger partial charge in [0.2, 0.25) is 0 Å². The summed E-state index contributed by atoms with van der Waals surface area (Å²) in [7, 11) is 0. The molecule has 0 aliphatic rings. The fourth-order valence-electron chi connectivity index (χ4n) is 0.570. The van der Waals surface area contributed by atoms with Crippen molar-refractivity contribution >= 4 is 11.3 Å². The molecule has 2 N–H and O–H groups in total. The maximum atomic E-state index is 5.35. The van der Waals surface area contributed by atoms with Crippen LogP contribution in [0.2, 0.25) is 0 Å². The Hall–Kier alpha value is -0.680. The van der Waals surface area contributed by atoms with Gasteiger partial charge in [0.15, 0.2) is 0 Å². The minimum absolute atomic E-state index is 0.147. The fourth-order valence-corrected chi connectivity index (χ4v) is 1.26. The molecular weight excluding hydrogens is 162 g/mol. The molecule has 0 aliphatic carbocycles. The topological polar surface area (TPSA) is 61.0 Å².